The molecule has 2 N–H and O–H groups in total. The standard InChI is InChI=1S/C13H25N3/c1-12(2,3)10-7-5-6-8-13(10)9-15-11(14)16(13)4/h10H,5-9H2,1-4H3,(H2,14,15). The Labute approximate surface area is 99.1 Å². The minimum Gasteiger partial charge on any atom is -0.370 e. The maximum Gasteiger partial charge on any atom is 0.191 e. The second-order valence-electron chi connectivity index (χ2n) is 6.50. The highest BCUT2D eigenvalue weighted by molar-refractivity contribution is 5.80. The fourth-order valence-electron chi connectivity index (χ4n) is 3.71. The molecule has 2 atom stereocenters. The topological polar surface area (TPSA) is 41.6 Å². The molecule has 0 aromatic carbocycles. The van der Waals surface area contributed by atoms with E-state index in [-0.39, 0.29) is 5.54 Å². The SMILES string of the molecule is CN1C(N)=NCC12CCCCC2C(C)(C)C. The quantitative estimate of drug-likeness (QED) is 0.684. The molecule has 2 rings (SSSR count). The second kappa shape index (κ2) is 3.64. The average molecular weight is 223 g/mol. The van der Waals surface area contributed by atoms with E-state index < -0.39 is 0 Å². The summed E-state index contributed by atoms with van der Waals surface area (Å²) in [5.74, 6) is 1.43. The molecule has 1 aliphatic carbocycles. The zero-order chi connectivity index (χ0) is 12.0. The Morgan fingerprint density at radius 2 is 2.06 bits per heavy atom. The highest BCUT2D eigenvalue weighted by atomic mass is 15.3. The van der Waals surface area contributed by atoms with Crippen LogP contribution in [-0.2, 0) is 0 Å². The summed E-state index contributed by atoms with van der Waals surface area (Å²) >= 11 is 0. The third-order valence-electron chi connectivity index (χ3n) is 4.57. The van der Waals surface area contributed by atoms with Crippen LogP contribution >= 0.6 is 0 Å². The molecule has 1 fully saturated rings. The number of likely N-dealkylation sites (N-methyl/N-ethyl adjacent to an activating group) is 1. The van der Waals surface area contributed by atoms with Crippen molar-refractivity contribution >= 4 is 5.96 Å². The van der Waals surface area contributed by atoms with E-state index in [4.69, 9.17) is 5.73 Å². The van der Waals surface area contributed by atoms with Crippen molar-refractivity contribution in [3.63, 3.8) is 0 Å². The molecule has 1 saturated carbocycles. The lowest BCUT2D eigenvalue weighted by Crippen LogP contribution is -2.58. The Hall–Kier alpha value is -0.730. The van der Waals surface area contributed by atoms with Gasteiger partial charge in [0.2, 0.25) is 0 Å². The van der Waals surface area contributed by atoms with E-state index in [1.807, 2.05) is 0 Å². The molecule has 1 heterocycles. The summed E-state index contributed by atoms with van der Waals surface area (Å²) in [7, 11) is 2.12. The van der Waals surface area contributed by atoms with Crippen LogP contribution in [0, 0.1) is 11.3 Å². The predicted molar refractivity (Wildman–Crippen MR) is 68.4 cm³/mol. The summed E-state index contributed by atoms with van der Waals surface area (Å²) in [6.07, 6.45) is 5.24. The second-order valence-corrected chi connectivity index (χ2v) is 6.50. The summed E-state index contributed by atoms with van der Waals surface area (Å²) in [4.78, 5) is 6.73. The first kappa shape index (κ1) is 11.7. The van der Waals surface area contributed by atoms with Crippen LogP contribution in [0.25, 0.3) is 0 Å². The molecule has 1 spiro atoms. The predicted octanol–water partition coefficient (Wildman–Crippen LogP) is 2.22. The maximum atomic E-state index is 5.97. The Balaban J connectivity index is 2.30. The monoisotopic (exact) mass is 223 g/mol. The van der Waals surface area contributed by atoms with Gasteiger partial charge in [0.05, 0.1) is 12.1 Å². The molecule has 2 aliphatic rings. The molecule has 3 heteroatoms. The zero-order valence-corrected chi connectivity index (χ0v) is 11.1. The van der Waals surface area contributed by atoms with Crippen molar-refractivity contribution in [3.05, 3.63) is 0 Å². The number of hydrogen-bond donors (Lipinski definition) is 1. The molecule has 0 saturated heterocycles. The largest absolute Gasteiger partial charge is 0.370 e. The number of rotatable bonds is 0. The van der Waals surface area contributed by atoms with Crippen LogP contribution < -0.4 is 5.73 Å². The van der Waals surface area contributed by atoms with Gasteiger partial charge in [-0.25, -0.2) is 0 Å². The van der Waals surface area contributed by atoms with E-state index in [0.717, 1.165) is 12.5 Å². The van der Waals surface area contributed by atoms with Crippen LogP contribution in [0.2, 0.25) is 0 Å². The first-order chi connectivity index (χ1) is 7.38. The van der Waals surface area contributed by atoms with E-state index in [1.165, 1.54) is 25.7 Å². The molecule has 92 valence electrons. The van der Waals surface area contributed by atoms with Crippen molar-refractivity contribution in [2.75, 3.05) is 13.6 Å². The van der Waals surface area contributed by atoms with Crippen LogP contribution in [0.5, 0.6) is 0 Å². The van der Waals surface area contributed by atoms with Gasteiger partial charge in [-0.1, -0.05) is 33.6 Å². The fourth-order valence-corrected chi connectivity index (χ4v) is 3.71. The Bertz CT molecular complexity index is 303. The van der Waals surface area contributed by atoms with Gasteiger partial charge in [0, 0.05) is 7.05 Å². The van der Waals surface area contributed by atoms with Gasteiger partial charge in [-0.2, -0.15) is 0 Å². The van der Waals surface area contributed by atoms with Gasteiger partial charge in [0.15, 0.2) is 5.96 Å². The summed E-state index contributed by atoms with van der Waals surface area (Å²) in [6, 6.07) is 0. The molecule has 16 heavy (non-hydrogen) atoms. The van der Waals surface area contributed by atoms with Crippen LogP contribution in [0.1, 0.15) is 46.5 Å². The van der Waals surface area contributed by atoms with Gasteiger partial charge in [0.1, 0.15) is 0 Å². The first-order valence-corrected chi connectivity index (χ1v) is 6.42. The highest BCUT2D eigenvalue weighted by Gasteiger charge is 2.51. The van der Waals surface area contributed by atoms with Crippen LogP contribution in [0.3, 0.4) is 0 Å². The Morgan fingerprint density at radius 3 is 2.56 bits per heavy atom. The highest BCUT2D eigenvalue weighted by Crippen LogP contribution is 2.48. The van der Waals surface area contributed by atoms with Gasteiger partial charge >= 0.3 is 0 Å². The molecule has 0 radical (unpaired) electrons. The van der Waals surface area contributed by atoms with E-state index >= 15 is 0 Å². The van der Waals surface area contributed by atoms with Crippen LogP contribution in [0.15, 0.2) is 4.99 Å². The van der Waals surface area contributed by atoms with E-state index in [1.54, 1.807) is 0 Å². The van der Waals surface area contributed by atoms with Gasteiger partial charge in [-0.05, 0) is 24.2 Å². The van der Waals surface area contributed by atoms with Crippen LogP contribution in [0.4, 0.5) is 0 Å². The van der Waals surface area contributed by atoms with Crippen molar-refractivity contribution < 1.29 is 0 Å². The zero-order valence-electron chi connectivity index (χ0n) is 11.1. The molecule has 0 aromatic heterocycles. The smallest absolute Gasteiger partial charge is 0.191 e. The third-order valence-corrected chi connectivity index (χ3v) is 4.57. The van der Waals surface area contributed by atoms with E-state index in [2.05, 4.69) is 37.7 Å². The van der Waals surface area contributed by atoms with Crippen LogP contribution in [-0.4, -0.2) is 30.0 Å². The number of guanidine groups is 1. The number of hydrogen-bond acceptors (Lipinski definition) is 3. The molecule has 3 nitrogen and oxygen atoms in total. The normalized spacial score (nSPS) is 35.6. The third kappa shape index (κ3) is 1.61. The van der Waals surface area contributed by atoms with E-state index in [9.17, 15) is 0 Å². The number of nitrogens with two attached hydrogens (primary N) is 1. The summed E-state index contributed by atoms with van der Waals surface area (Å²) in [6.45, 7) is 7.96. The van der Waals surface area contributed by atoms with Crippen molar-refractivity contribution in [2.45, 2.75) is 52.0 Å². The van der Waals surface area contributed by atoms with E-state index in [0.29, 0.717) is 11.3 Å². The molecule has 0 bridgehead atoms. The van der Waals surface area contributed by atoms with Gasteiger partial charge in [-0.3, -0.25) is 4.99 Å². The molecule has 1 aliphatic heterocycles. The lowest BCUT2D eigenvalue weighted by atomic mass is 9.61. The number of nitrogens with zero attached hydrogens (tertiary/aromatic N) is 2. The van der Waals surface area contributed by atoms with Crippen molar-refractivity contribution in [1.82, 2.24) is 4.90 Å². The molecular weight excluding hydrogens is 198 g/mol. The average Bonchev–Trinajstić information content (AvgIpc) is 2.47. The van der Waals surface area contributed by atoms with Crippen molar-refractivity contribution in [3.8, 4) is 0 Å². The number of aliphatic imine (C=N–C) groups is 1. The van der Waals surface area contributed by atoms with Crippen molar-refractivity contribution in [2.24, 2.45) is 22.1 Å². The molecule has 0 aromatic rings. The van der Waals surface area contributed by atoms with Gasteiger partial charge in [-0.15, -0.1) is 0 Å². The Morgan fingerprint density at radius 1 is 1.38 bits per heavy atom. The maximum absolute atomic E-state index is 5.97. The lowest BCUT2D eigenvalue weighted by molar-refractivity contribution is 0.0174. The van der Waals surface area contributed by atoms with Gasteiger partial charge in [0.25, 0.3) is 0 Å². The minimum absolute atomic E-state index is 0.209. The Kier molecular flexibility index (Phi) is 2.67. The minimum atomic E-state index is 0.209. The molecule has 2 unspecified atom stereocenters. The summed E-state index contributed by atoms with van der Waals surface area (Å²) in [5.41, 5.74) is 6.52. The molecular formula is C13H25N3. The molecule has 0 amide bonds. The first-order valence-electron chi connectivity index (χ1n) is 6.42. The summed E-state index contributed by atoms with van der Waals surface area (Å²) < 4.78 is 0. The van der Waals surface area contributed by atoms with Gasteiger partial charge < -0.3 is 10.6 Å². The van der Waals surface area contributed by atoms with Crippen molar-refractivity contribution in [1.29, 1.82) is 0 Å². The fraction of sp³-hybridized carbons (Fsp3) is 0.923. The lowest BCUT2D eigenvalue weighted by Gasteiger charge is -2.51. The summed E-state index contributed by atoms with van der Waals surface area (Å²) in [5, 5.41) is 0.